The zero-order valence-electron chi connectivity index (χ0n) is 6.25. The van der Waals surface area contributed by atoms with E-state index in [1.54, 1.807) is 6.92 Å². The second-order valence-electron chi connectivity index (χ2n) is 2.12. The highest BCUT2D eigenvalue weighted by Crippen LogP contribution is 2.68. The molecule has 0 aliphatic heterocycles. The topological polar surface area (TPSA) is 12.4 Å². The van der Waals surface area contributed by atoms with Crippen LogP contribution in [0.5, 0.6) is 0 Å². The lowest BCUT2D eigenvalue weighted by Crippen LogP contribution is -2.33. The van der Waals surface area contributed by atoms with Gasteiger partial charge in [0, 0.05) is 0 Å². The second kappa shape index (κ2) is 5.06. The second-order valence-corrected chi connectivity index (χ2v) is 11.9. The number of rotatable bonds is 3. The molecule has 0 amide bonds. The van der Waals surface area contributed by atoms with Gasteiger partial charge in [0.1, 0.15) is 0 Å². The molecule has 0 saturated heterocycles. The van der Waals surface area contributed by atoms with E-state index in [2.05, 4.69) is 4.74 Å². The van der Waals surface area contributed by atoms with Gasteiger partial charge in [0.05, 0.1) is 0 Å². The summed E-state index contributed by atoms with van der Waals surface area (Å²) in [4.78, 5) is 0. The standard InChI is InChI=1S/C4H5Cl7NP/c1-2-3(5,6)4(7,8)12-13(9,10)11/h2H2,1H3. The molecule has 0 radical (unpaired) electrons. The van der Waals surface area contributed by atoms with Crippen LogP contribution in [0.25, 0.3) is 0 Å². The molecule has 0 aliphatic rings. The van der Waals surface area contributed by atoms with Gasteiger partial charge in [-0.15, -0.1) is 0 Å². The first kappa shape index (κ1) is 15.3. The molecule has 0 aromatic carbocycles. The van der Waals surface area contributed by atoms with Gasteiger partial charge in [0.2, 0.25) is 9.57 Å². The highest BCUT2D eigenvalue weighted by Gasteiger charge is 2.47. The number of alkyl halides is 4. The molecule has 0 spiro atoms. The maximum Gasteiger partial charge on any atom is 0.242 e. The largest absolute Gasteiger partial charge is 0.242 e. The van der Waals surface area contributed by atoms with Crippen LogP contribution in [-0.4, -0.2) is 8.79 Å². The Morgan fingerprint density at radius 1 is 1.08 bits per heavy atom. The van der Waals surface area contributed by atoms with Crippen molar-refractivity contribution >= 4 is 85.2 Å². The summed E-state index contributed by atoms with van der Waals surface area (Å²) in [6, 6.07) is 0. The Labute approximate surface area is 111 Å². The van der Waals surface area contributed by atoms with Crippen molar-refractivity contribution in [1.29, 1.82) is 0 Å². The molecule has 0 aromatic rings. The Kier molecular flexibility index (Phi) is 5.94. The molecular weight excluding hydrogens is 341 g/mol. The maximum atomic E-state index is 5.77. The molecule has 0 heterocycles. The van der Waals surface area contributed by atoms with Crippen LogP contribution in [0.2, 0.25) is 0 Å². The van der Waals surface area contributed by atoms with Gasteiger partial charge in [0.25, 0.3) is 0 Å². The van der Waals surface area contributed by atoms with Gasteiger partial charge in [-0.3, -0.25) is 0 Å². The van der Waals surface area contributed by atoms with E-state index in [1.807, 2.05) is 0 Å². The summed E-state index contributed by atoms with van der Waals surface area (Å²) in [6.45, 7) is 1.69. The molecule has 80 valence electrons. The van der Waals surface area contributed by atoms with Crippen molar-refractivity contribution in [2.45, 2.75) is 22.1 Å². The lowest BCUT2D eigenvalue weighted by Gasteiger charge is -2.28. The molecule has 0 fully saturated rings. The van der Waals surface area contributed by atoms with E-state index in [1.165, 1.54) is 0 Å². The molecule has 0 atom stereocenters. The molecule has 9 heteroatoms. The van der Waals surface area contributed by atoms with E-state index in [9.17, 15) is 0 Å². The predicted molar refractivity (Wildman–Crippen MR) is 66.1 cm³/mol. The summed E-state index contributed by atoms with van der Waals surface area (Å²) < 4.78 is 0.270. The van der Waals surface area contributed by atoms with Gasteiger partial charge < -0.3 is 0 Å². The number of hydrogen-bond acceptors (Lipinski definition) is 1. The van der Waals surface area contributed by atoms with Gasteiger partial charge in [-0.25, -0.2) is 4.74 Å². The highest BCUT2D eigenvalue weighted by atomic mass is 36.0. The van der Waals surface area contributed by atoms with E-state index in [4.69, 9.17) is 80.1 Å². The van der Waals surface area contributed by atoms with Crippen LogP contribution >= 0.6 is 85.2 Å². The van der Waals surface area contributed by atoms with E-state index < -0.39 is 13.9 Å². The number of halogens is 7. The molecule has 1 nitrogen and oxygen atoms in total. The van der Waals surface area contributed by atoms with Crippen LogP contribution < -0.4 is 0 Å². The number of nitrogens with zero attached hydrogens (tertiary/aromatic N) is 1. The van der Waals surface area contributed by atoms with Gasteiger partial charge in [-0.2, -0.15) is 0 Å². The predicted octanol–water partition coefficient (Wildman–Crippen LogP) is 6.36. The molecule has 0 aliphatic carbocycles. The van der Waals surface area contributed by atoms with Gasteiger partial charge in [-0.1, -0.05) is 53.3 Å². The quantitative estimate of drug-likeness (QED) is 0.320. The molecule has 13 heavy (non-hydrogen) atoms. The van der Waals surface area contributed by atoms with Crippen molar-refractivity contribution in [1.82, 2.24) is 0 Å². The summed E-state index contributed by atoms with van der Waals surface area (Å²) in [6.07, 6.45) is 0.275. The van der Waals surface area contributed by atoms with Gasteiger partial charge in [-0.05, 0) is 40.1 Å². The molecule has 0 bridgehead atoms. The first-order valence-corrected chi connectivity index (χ1v) is 8.97. The zero-order chi connectivity index (χ0) is 10.9. The van der Waals surface area contributed by atoms with Crippen LogP contribution in [0.15, 0.2) is 4.74 Å². The third-order valence-corrected chi connectivity index (χ3v) is 4.85. The fourth-order valence-electron chi connectivity index (χ4n) is 0.428. The maximum absolute atomic E-state index is 5.77. The number of hydrogen-bond donors (Lipinski definition) is 0. The minimum absolute atomic E-state index is 0.275. The van der Waals surface area contributed by atoms with E-state index >= 15 is 0 Å². The van der Waals surface area contributed by atoms with E-state index in [0.717, 1.165) is 0 Å². The minimum Gasteiger partial charge on any atom is -0.219 e. The van der Waals surface area contributed by atoms with Gasteiger partial charge in [0.15, 0.2) is 4.33 Å². The first-order valence-electron chi connectivity index (χ1n) is 3.00. The SMILES string of the molecule is CCC(Cl)(Cl)C(Cl)(Cl)N=P(Cl)(Cl)Cl. The Morgan fingerprint density at radius 3 is 1.69 bits per heavy atom. The van der Waals surface area contributed by atoms with E-state index in [-0.39, 0.29) is 6.42 Å². The molecule has 0 saturated carbocycles. The Balaban J connectivity index is 5.00. The van der Waals surface area contributed by atoms with Crippen molar-refractivity contribution in [3.05, 3.63) is 0 Å². The highest BCUT2D eigenvalue weighted by molar-refractivity contribution is 8.26. The first-order chi connectivity index (χ1) is 5.52. The summed E-state index contributed by atoms with van der Waals surface area (Å²) in [5.74, 6) is 0. The van der Waals surface area contributed by atoms with Crippen LogP contribution in [-0.2, 0) is 0 Å². The summed E-state index contributed by atoms with van der Waals surface area (Å²) in [7, 11) is 0. The third kappa shape index (κ3) is 5.22. The smallest absolute Gasteiger partial charge is 0.219 e. The van der Waals surface area contributed by atoms with Crippen LogP contribution in [0.3, 0.4) is 0 Å². The molecule has 0 rings (SSSR count). The molecular formula is C4H5Cl7NP. The van der Waals surface area contributed by atoms with Crippen molar-refractivity contribution in [3.8, 4) is 0 Å². The summed E-state index contributed by atoms with van der Waals surface area (Å²) >= 11 is 39.4. The fourth-order valence-corrected chi connectivity index (χ4v) is 3.75. The molecule has 0 aromatic heterocycles. The average molecular weight is 346 g/mol. The zero-order valence-corrected chi connectivity index (χ0v) is 12.4. The van der Waals surface area contributed by atoms with Crippen LogP contribution in [0.1, 0.15) is 13.3 Å². The Hall–Kier alpha value is 2.26. The molecule has 0 unspecified atom stereocenters. The van der Waals surface area contributed by atoms with Crippen molar-refractivity contribution in [2.75, 3.05) is 0 Å². The summed E-state index contributed by atoms with van der Waals surface area (Å²) in [5, 5.41) is -3.04. The molecule has 0 N–H and O–H groups in total. The lowest BCUT2D eigenvalue weighted by molar-refractivity contribution is 0.661. The van der Waals surface area contributed by atoms with Crippen molar-refractivity contribution < 1.29 is 0 Å². The van der Waals surface area contributed by atoms with Crippen molar-refractivity contribution in [2.24, 2.45) is 4.74 Å². The van der Waals surface area contributed by atoms with E-state index in [0.29, 0.717) is 0 Å². The Bertz CT molecular complexity index is 222. The monoisotopic (exact) mass is 343 g/mol. The van der Waals surface area contributed by atoms with Crippen molar-refractivity contribution in [3.63, 3.8) is 0 Å². The Morgan fingerprint density at radius 2 is 1.46 bits per heavy atom. The van der Waals surface area contributed by atoms with Gasteiger partial charge >= 0.3 is 0 Å². The lowest BCUT2D eigenvalue weighted by atomic mass is 10.3. The normalized spacial score (nSPS) is 14.5. The fraction of sp³-hybridized carbons (Fsp3) is 1.00. The summed E-state index contributed by atoms with van der Waals surface area (Å²) in [5.41, 5.74) is 0. The van der Waals surface area contributed by atoms with Crippen LogP contribution in [0, 0.1) is 0 Å². The minimum atomic E-state index is -3.04. The average Bonchev–Trinajstić information content (AvgIpc) is 1.81. The third-order valence-electron chi connectivity index (χ3n) is 1.12. The van der Waals surface area contributed by atoms with Crippen LogP contribution in [0.4, 0.5) is 0 Å².